The summed E-state index contributed by atoms with van der Waals surface area (Å²) in [6, 6.07) is 2.41. The van der Waals surface area contributed by atoms with E-state index in [1.807, 2.05) is 0 Å². The second-order valence-corrected chi connectivity index (χ2v) is 3.99. The van der Waals surface area contributed by atoms with Crippen LogP contribution < -0.4 is 0 Å². The van der Waals surface area contributed by atoms with Gasteiger partial charge in [0.1, 0.15) is 17.5 Å². The van der Waals surface area contributed by atoms with Gasteiger partial charge in [0, 0.05) is 0 Å². The molecule has 0 saturated heterocycles. The smallest absolute Gasteiger partial charge is 0.288 e. The van der Waals surface area contributed by atoms with Gasteiger partial charge < -0.3 is 0 Å². The lowest BCUT2D eigenvalue weighted by atomic mass is 10.0. The fourth-order valence-corrected chi connectivity index (χ4v) is 1.67. The van der Waals surface area contributed by atoms with Crippen molar-refractivity contribution in [1.82, 2.24) is 0 Å². The highest BCUT2D eigenvalue weighted by molar-refractivity contribution is 6.09. The second-order valence-electron chi connectivity index (χ2n) is 3.99. The van der Waals surface area contributed by atoms with E-state index in [9.17, 15) is 32.5 Å². The largest absolute Gasteiger partial charge is 0.307 e. The molecule has 0 spiro atoms. The molecule has 0 aliphatic heterocycles. The van der Waals surface area contributed by atoms with Gasteiger partial charge in [-0.05, 0) is 24.3 Å². The van der Waals surface area contributed by atoms with Crippen molar-refractivity contribution in [3.8, 4) is 0 Å². The van der Waals surface area contributed by atoms with E-state index in [0.29, 0.717) is 12.1 Å². The Morgan fingerprint density at radius 2 is 1.52 bits per heavy atom. The van der Waals surface area contributed by atoms with Crippen molar-refractivity contribution in [2.75, 3.05) is 0 Å². The van der Waals surface area contributed by atoms with E-state index in [-0.39, 0.29) is 12.1 Å². The van der Waals surface area contributed by atoms with Crippen molar-refractivity contribution in [2.45, 2.75) is 0 Å². The summed E-state index contributed by atoms with van der Waals surface area (Å²) in [7, 11) is 0. The first-order chi connectivity index (χ1) is 9.81. The maximum atomic E-state index is 13.7. The number of carbonyl (C=O) groups excluding carboxylic acids is 1. The molecular weight excluding hydrogens is 294 g/mol. The van der Waals surface area contributed by atoms with Crippen LogP contribution in [0.1, 0.15) is 15.9 Å². The topological polar surface area (TPSA) is 60.2 Å². The van der Waals surface area contributed by atoms with Gasteiger partial charge in [-0.2, -0.15) is 4.39 Å². The molecule has 0 aliphatic rings. The minimum atomic E-state index is -1.46. The number of benzene rings is 2. The van der Waals surface area contributed by atoms with Crippen molar-refractivity contribution < 1.29 is 27.3 Å². The zero-order valence-corrected chi connectivity index (χ0v) is 10.1. The third-order valence-electron chi connectivity index (χ3n) is 2.65. The standard InChI is InChI=1S/C13H5F4NO3/c14-6-1-2-9(15)7(3-6)13(19)8-4-11(17)12(18(20)21)5-10(8)16/h1-5H. The van der Waals surface area contributed by atoms with E-state index in [4.69, 9.17) is 0 Å². The predicted octanol–water partition coefficient (Wildman–Crippen LogP) is 3.38. The van der Waals surface area contributed by atoms with Gasteiger partial charge in [0.2, 0.25) is 5.82 Å². The van der Waals surface area contributed by atoms with Crippen LogP contribution >= 0.6 is 0 Å². The van der Waals surface area contributed by atoms with Crippen LogP contribution in [0.4, 0.5) is 23.2 Å². The molecule has 2 rings (SSSR count). The third kappa shape index (κ3) is 2.73. The highest BCUT2D eigenvalue weighted by atomic mass is 19.1. The Hall–Kier alpha value is -2.77. The molecule has 0 aromatic heterocycles. The summed E-state index contributed by atoms with van der Waals surface area (Å²) in [5, 5.41) is 10.4. The molecule has 0 N–H and O–H groups in total. The average Bonchev–Trinajstić information content (AvgIpc) is 2.42. The quantitative estimate of drug-likeness (QED) is 0.378. The van der Waals surface area contributed by atoms with E-state index in [1.165, 1.54) is 0 Å². The number of nitrogens with zero attached hydrogens (tertiary/aromatic N) is 1. The molecule has 0 amide bonds. The SMILES string of the molecule is O=C(c1cc(F)ccc1F)c1cc(F)c([N+](=O)[O-])cc1F. The molecule has 21 heavy (non-hydrogen) atoms. The van der Waals surface area contributed by atoms with Gasteiger partial charge in [-0.25, -0.2) is 13.2 Å². The predicted molar refractivity (Wildman–Crippen MR) is 62.8 cm³/mol. The van der Waals surface area contributed by atoms with Crippen LogP contribution in [0.5, 0.6) is 0 Å². The fraction of sp³-hybridized carbons (Fsp3) is 0. The average molecular weight is 299 g/mol. The van der Waals surface area contributed by atoms with Crippen molar-refractivity contribution in [1.29, 1.82) is 0 Å². The first kappa shape index (κ1) is 14.6. The number of rotatable bonds is 3. The van der Waals surface area contributed by atoms with Crippen molar-refractivity contribution in [2.24, 2.45) is 0 Å². The molecule has 4 nitrogen and oxygen atoms in total. The lowest BCUT2D eigenvalue weighted by Crippen LogP contribution is -2.09. The highest BCUT2D eigenvalue weighted by Gasteiger charge is 2.24. The maximum absolute atomic E-state index is 13.7. The number of hydrogen-bond acceptors (Lipinski definition) is 3. The van der Waals surface area contributed by atoms with E-state index in [0.717, 1.165) is 6.07 Å². The molecule has 2 aromatic rings. The summed E-state index contributed by atoms with van der Waals surface area (Å²) >= 11 is 0. The lowest BCUT2D eigenvalue weighted by Gasteiger charge is -2.05. The number of halogens is 4. The minimum Gasteiger partial charge on any atom is -0.288 e. The normalized spacial score (nSPS) is 10.5. The van der Waals surface area contributed by atoms with Gasteiger partial charge >= 0.3 is 5.69 Å². The zero-order chi connectivity index (χ0) is 15.7. The van der Waals surface area contributed by atoms with Gasteiger partial charge in [-0.15, -0.1) is 0 Å². The number of nitro benzene ring substituents is 1. The summed E-state index contributed by atoms with van der Waals surface area (Å²) in [5.41, 5.74) is -2.89. The van der Waals surface area contributed by atoms with E-state index < -0.39 is 50.8 Å². The first-order valence-electron chi connectivity index (χ1n) is 5.44. The zero-order valence-electron chi connectivity index (χ0n) is 10.1. The van der Waals surface area contributed by atoms with Crippen LogP contribution in [0, 0.1) is 33.4 Å². The first-order valence-corrected chi connectivity index (χ1v) is 5.44. The van der Waals surface area contributed by atoms with Crippen LogP contribution in [0.15, 0.2) is 30.3 Å². The molecule has 0 radical (unpaired) electrons. The molecule has 0 fully saturated rings. The van der Waals surface area contributed by atoms with Crippen molar-refractivity contribution in [3.63, 3.8) is 0 Å². The molecule has 0 saturated carbocycles. The molecule has 108 valence electrons. The summed E-state index contributed by atoms with van der Waals surface area (Å²) < 4.78 is 53.5. The molecule has 0 aliphatic carbocycles. The number of carbonyl (C=O) groups is 1. The van der Waals surface area contributed by atoms with E-state index in [2.05, 4.69) is 0 Å². The summed E-state index contributed by atoms with van der Waals surface area (Å²) in [5.74, 6) is -6.25. The molecule has 0 unspecified atom stereocenters. The van der Waals surface area contributed by atoms with Gasteiger partial charge in [0.15, 0.2) is 5.78 Å². The highest BCUT2D eigenvalue weighted by Crippen LogP contribution is 2.24. The minimum absolute atomic E-state index is 0.208. The molecule has 2 aromatic carbocycles. The van der Waals surface area contributed by atoms with Gasteiger partial charge in [0.05, 0.1) is 22.1 Å². The Morgan fingerprint density at radius 3 is 2.14 bits per heavy atom. The molecule has 0 heterocycles. The van der Waals surface area contributed by atoms with E-state index in [1.54, 1.807) is 0 Å². The maximum Gasteiger partial charge on any atom is 0.307 e. The Labute approximate surface area is 114 Å². The number of hydrogen-bond donors (Lipinski definition) is 0. The van der Waals surface area contributed by atoms with Gasteiger partial charge in [-0.1, -0.05) is 0 Å². The third-order valence-corrected chi connectivity index (χ3v) is 2.65. The van der Waals surface area contributed by atoms with E-state index >= 15 is 0 Å². The van der Waals surface area contributed by atoms with Gasteiger partial charge in [0.25, 0.3) is 0 Å². The van der Waals surface area contributed by atoms with Crippen molar-refractivity contribution in [3.05, 3.63) is 74.8 Å². The number of nitro groups is 1. The van der Waals surface area contributed by atoms with Crippen LogP contribution in [-0.4, -0.2) is 10.7 Å². The Morgan fingerprint density at radius 1 is 0.905 bits per heavy atom. The Bertz CT molecular complexity index is 761. The summed E-state index contributed by atoms with van der Waals surface area (Å²) in [6.07, 6.45) is 0. The fourth-order valence-electron chi connectivity index (χ4n) is 1.67. The molecule has 0 bridgehead atoms. The lowest BCUT2D eigenvalue weighted by molar-refractivity contribution is -0.387. The summed E-state index contributed by atoms with van der Waals surface area (Å²) in [6.45, 7) is 0. The second kappa shape index (κ2) is 5.31. The van der Waals surface area contributed by atoms with Crippen LogP contribution in [0.25, 0.3) is 0 Å². The Kier molecular flexibility index (Phi) is 3.70. The molecule has 8 heteroatoms. The number of ketones is 1. The van der Waals surface area contributed by atoms with Crippen LogP contribution in [0.3, 0.4) is 0 Å². The van der Waals surface area contributed by atoms with Gasteiger partial charge in [-0.3, -0.25) is 14.9 Å². The monoisotopic (exact) mass is 299 g/mol. The van der Waals surface area contributed by atoms with Crippen LogP contribution in [-0.2, 0) is 0 Å². The molecular formula is C13H5F4NO3. The Balaban J connectivity index is 2.56. The summed E-state index contributed by atoms with van der Waals surface area (Å²) in [4.78, 5) is 21.1. The van der Waals surface area contributed by atoms with Crippen molar-refractivity contribution >= 4 is 11.5 Å². The molecule has 0 atom stereocenters. The van der Waals surface area contributed by atoms with Crippen LogP contribution in [0.2, 0.25) is 0 Å².